The van der Waals surface area contributed by atoms with Gasteiger partial charge in [0.05, 0.1) is 6.61 Å². The smallest absolute Gasteiger partial charge is 0.235 e. The predicted octanol–water partition coefficient (Wildman–Crippen LogP) is 1.40. The molecule has 0 spiro atoms. The third kappa shape index (κ3) is 5.19. The van der Waals surface area contributed by atoms with Gasteiger partial charge in [0.1, 0.15) is 5.41 Å². The molecular formula is C16H24N2O3. The first-order chi connectivity index (χ1) is 9.87. The van der Waals surface area contributed by atoms with Gasteiger partial charge in [0.2, 0.25) is 11.8 Å². The van der Waals surface area contributed by atoms with Gasteiger partial charge in [0.25, 0.3) is 0 Å². The number of amides is 2. The van der Waals surface area contributed by atoms with Crippen molar-refractivity contribution in [2.24, 2.45) is 5.41 Å². The zero-order valence-electron chi connectivity index (χ0n) is 13.2. The van der Waals surface area contributed by atoms with E-state index < -0.39 is 5.41 Å². The number of ether oxygens (including phenoxy) is 1. The highest BCUT2D eigenvalue weighted by Gasteiger charge is 2.35. The average Bonchev–Trinajstić information content (AvgIpc) is 2.46. The number of carbonyl (C=O) groups excluding carboxylic acids is 2. The molecule has 116 valence electrons. The molecule has 2 amide bonds. The highest BCUT2D eigenvalue weighted by Crippen LogP contribution is 2.15. The Morgan fingerprint density at radius 1 is 1.10 bits per heavy atom. The van der Waals surface area contributed by atoms with Gasteiger partial charge in [-0.2, -0.15) is 0 Å². The van der Waals surface area contributed by atoms with Crippen molar-refractivity contribution < 1.29 is 14.3 Å². The number of hydrogen-bond donors (Lipinski definition) is 2. The Labute approximate surface area is 126 Å². The zero-order chi connectivity index (χ0) is 15.9. The minimum Gasteiger partial charge on any atom is -0.383 e. The monoisotopic (exact) mass is 292 g/mol. The van der Waals surface area contributed by atoms with Gasteiger partial charge in [-0.15, -0.1) is 0 Å². The van der Waals surface area contributed by atoms with E-state index in [2.05, 4.69) is 10.6 Å². The Hall–Kier alpha value is -1.88. The molecule has 2 N–H and O–H groups in total. The summed E-state index contributed by atoms with van der Waals surface area (Å²) in [4.78, 5) is 24.2. The van der Waals surface area contributed by atoms with Crippen LogP contribution in [0.2, 0.25) is 0 Å². The molecule has 21 heavy (non-hydrogen) atoms. The molecule has 0 aliphatic heterocycles. The summed E-state index contributed by atoms with van der Waals surface area (Å²) < 4.78 is 4.87. The minimum absolute atomic E-state index is 0.294. The van der Waals surface area contributed by atoms with Crippen LogP contribution >= 0.6 is 0 Å². The van der Waals surface area contributed by atoms with Gasteiger partial charge in [-0.3, -0.25) is 9.59 Å². The van der Waals surface area contributed by atoms with Crippen LogP contribution in [0.25, 0.3) is 0 Å². The quantitative estimate of drug-likeness (QED) is 0.589. The van der Waals surface area contributed by atoms with Crippen molar-refractivity contribution in [1.29, 1.82) is 0 Å². The Morgan fingerprint density at radius 2 is 1.67 bits per heavy atom. The molecular weight excluding hydrogens is 268 g/mol. The second kappa shape index (κ2) is 7.78. The molecule has 5 heteroatoms. The van der Waals surface area contributed by atoms with Crippen molar-refractivity contribution in [2.45, 2.75) is 27.3 Å². The summed E-state index contributed by atoms with van der Waals surface area (Å²) in [6.45, 7) is 6.46. The van der Waals surface area contributed by atoms with E-state index in [9.17, 15) is 9.59 Å². The second-order valence-corrected chi connectivity index (χ2v) is 5.54. The second-order valence-electron chi connectivity index (χ2n) is 5.54. The lowest BCUT2D eigenvalue weighted by molar-refractivity contribution is -0.141. The maximum atomic E-state index is 12.2. The van der Waals surface area contributed by atoms with Crippen molar-refractivity contribution in [3.8, 4) is 0 Å². The highest BCUT2D eigenvalue weighted by molar-refractivity contribution is 6.04. The van der Waals surface area contributed by atoms with E-state index in [1.165, 1.54) is 5.56 Å². The molecule has 1 aromatic rings. The molecule has 0 atom stereocenters. The van der Waals surface area contributed by atoms with E-state index in [0.717, 1.165) is 5.56 Å². The van der Waals surface area contributed by atoms with Crippen molar-refractivity contribution in [3.05, 3.63) is 35.4 Å². The number of aryl methyl sites for hydroxylation is 1. The van der Waals surface area contributed by atoms with Crippen molar-refractivity contribution in [3.63, 3.8) is 0 Å². The molecule has 1 aromatic carbocycles. The number of methoxy groups -OCH3 is 1. The summed E-state index contributed by atoms with van der Waals surface area (Å²) in [6.07, 6.45) is 0. The molecule has 0 radical (unpaired) electrons. The Kier molecular flexibility index (Phi) is 6.37. The molecule has 5 nitrogen and oxygen atoms in total. The first kappa shape index (κ1) is 17.2. The molecule has 1 rings (SSSR count). The van der Waals surface area contributed by atoms with Crippen molar-refractivity contribution in [2.75, 3.05) is 20.3 Å². The molecule has 0 saturated carbocycles. The van der Waals surface area contributed by atoms with Gasteiger partial charge in [0, 0.05) is 20.2 Å². The molecule has 0 fully saturated rings. The molecule has 0 saturated heterocycles. The van der Waals surface area contributed by atoms with Crippen LogP contribution in [0.15, 0.2) is 24.3 Å². The van der Waals surface area contributed by atoms with Gasteiger partial charge < -0.3 is 15.4 Å². The van der Waals surface area contributed by atoms with E-state index in [1.54, 1.807) is 21.0 Å². The lowest BCUT2D eigenvalue weighted by Crippen LogP contribution is -2.48. The fraction of sp³-hybridized carbons (Fsp3) is 0.500. The minimum atomic E-state index is -1.11. The fourth-order valence-electron chi connectivity index (χ4n) is 1.70. The van der Waals surface area contributed by atoms with Crippen LogP contribution in [0.3, 0.4) is 0 Å². The van der Waals surface area contributed by atoms with Crippen molar-refractivity contribution >= 4 is 11.8 Å². The normalized spacial score (nSPS) is 11.0. The number of carbonyl (C=O) groups is 2. The number of rotatable bonds is 7. The van der Waals surface area contributed by atoms with Crippen LogP contribution < -0.4 is 10.6 Å². The highest BCUT2D eigenvalue weighted by atomic mass is 16.5. The van der Waals surface area contributed by atoms with Gasteiger partial charge in [-0.1, -0.05) is 29.8 Å². The van der Waals surface area contributed by atoms with Gasteiger partial charge in [0.15, 0.2) is 0 Å². The SMILES string of the molecule is COCCNC(=O)C(C)(C)C(=O)NCc1ccc(C)cc1. The summed E-state index contributed by atoms with van der Waals surface area (Å²) in [5.74, 6) is -0.598. The van der Waals surface area contributed by atoms with Crippen LogP contribution in [0.1, 0.15) is 25.0 Å². The summed E-state index contributed by atoms with van der Waals surface area (Å²) in [6, 6.07) is 7.90. The Morgan fingerprint density at radius 3 is 2.24 bits per heavy atom. The van der Waals surface area contributed by atoms with Gasteiger partial charge in [-0.25, -0.2) is 0 Å². The van der Waals surface area contributed by atoms with Crippen LogP contribution in [0, 0.1) is 12.3 Å². The number of hydrogen-bond acceptors (Lipinski definition) is 3. The molecule has 0 bridgehead atoms. The van der Waals surface area contributed by atoms with E-state index in [0.29, 0.717) is 19.7 Å². The first-order valence-electron chi connectivity index (χ1n) is 6.99. The summed E-state index contributed by atoms with van der Waals surface area (Å²) >= 11 is 0. The first-order valence-corrected chi connectivity index (χ1v) is 6.99. The van der Waals surface area contributed by atoms with Crippen LogP contribution in [0.5, 0.6) is 0 Å². The van der Waals surface area contributed by atoms with E-state index >= 15 is 0 Å². The largest absolute Gasteiger partial charge is 0.383 e. The molecule has 0 aromatic heterocycles. The van der Waals surface area contributed by atoms with Crippen LogP contribution in [-0.4, -0.2) is 32.1 Å². The molecule has 0 aliphatic rings. The molecule has 0 unspecified atom stereocenters. The van der Waals surface area contributed by atoms with E-state index in [1.807, 2.05) is 31.2 Å². The van der Waals surface area contributed by atoms with Crippen molar-refractivity contribution in [1.82, 2.24) is 10.6 Å². The number of nitrogens with one attached hydrogen (secondary N) is 2. The topological polar surface area (TPSA) is 67.4 Å². The third-order valence-electron chi connectivity index (χ3n) is 3.30. The van der Waals surface area contributed by atoms with Gasteiger partial charge in [-0.05, 0) is 26.3 Å². The predicted molar refractivity (Wildman–Crippen MR) is 81.7 cm³/mol. The van der Waals surface area contributed by atoms with E-state index in [4.69, 9.17) is 4.74 Å². The maximum Gasteiger partial charge on any atom is 0.235 e. The number of benzene rings is 1. The maximum absolute atomic E-state index is 12.2. The van der Waals surface area contributed by atoms with Crippen LogP contribution in [-0.2, 0) is 20.9 Å². The van der Waals surface area contributed by atoms with Gasteiger partial charge >= 0.3 is 0 Å². The van der Waals surface area contributed by atoms with E-state index in [-0.39, 0.29) is 11.8 Å². The molecule has 0 aliphatic carbocycles. The van der Waals surface area contributed by atoms with Crippen LogP contribution in [0.4, 0.5) is 0 Å². The lowest BCUT2D eigenvalue weighted by atomic mass is 9.91. The summed E-state index contributed by atoms with van der Waals surface area (Å²) in [5.41, 5.74) is 1.06. The third-order valence-corrected chi connectivity index (χ3v) is 3.30. The fourth-order valence-corrected chi connectivity index (χ4v) is 1.70. The zero-order valence-corrected chi connectivity index (χ0v) is 13.2. The summed E-state index contributed by atoms with van der Waals surface area (Å²) in [5, 5.41) is 5.48. The Balaban J connectivity index is 2.52. The summed E-state index contributed by atoms with van der Waals surface area (Å²) in [7, 11) is 1.56. The Bertz CT molecular complexity index is 481. The standard InChI is InChI=1S/C16H24N2O3/c1-12-5-7-13(8-6-12)11-18-15(20)16(2,3)14(19)17-9-10-21-4/h5-8H,9-11H2,1-4H3,(H,17,19)(H,18,20). The average molecular weight is 292 g/mol. The molecule has 0 heterocycles. The lowest BCUT2D eigenvalue weighted by Gasteiger charge is -2.22.